The van der Waals surface area contributed by atoms with E-state index in [2.05, 4.69) is 26.7 Å². The van der Waals surface area contributed by atoms with Crippen molar-refractivity contribution < 1.29 is 0 Å². The zero-order valence-electron chi connectivity index (χ0n) is 10.3. The highest BCUT2D eigenvalue weighted by Crippen LogP contribution is 2.10. The number of nitrogens with zero attached hydrogens (tertiary/aromatic N) is 3. The van der Waals surface area contributed by atoms with Crippen molar-refractivity contribution in [3.8, 4) is 0 Å². The Hall–Kier alpha value is -0.870. The Kier molecular flexibility index (Phi) is 3.96. The molecule has 1 aliphatic rings. The molecular formula is C12H22N4. The normalized spacial score (nSPS) is 19.1. The summed E-state index contributed by atoms with van der Waals surface area (Å²) in [6.07, 6.45) is 6.56. The van der Waals surface area contributed by atoms with Crippen molar-refractivity contribution in [2.45, 2.75) is 32.4 Å². The third-order valence-corrected chi connectivity index (χ3v) is 3.41. The fraction of sp³-hybridized carbons (Fsp3) is 0.750. The molecule has 2 heterocycles. The van der Waals surface area contributed by atoms with E-state index in [9.17, 15) is 0 Å². The van der Waals surface area contributed by atoms with Crippen molar-refractivity contribution in [3.63, 3.8) is 0 Å². The summed E-state index contributed by atoms with van der Waals surface area (Å²) in [7, 11) is 2.04. The van der Waals surface area contributed by atoms with Crippen LogP contribution >= 0.6 is 0 Å². The third-order valence-electron chi connectivity index (χ3n) is 3.41. The molecule has 1 fully saturated rings. The first-order chi connectivity index (χ1) is 7.77. The Bertz CT molecular complexity index is 315. The smallest absolute Gasteiger partial charge is 0.122 e. The number of imidazole rings is 1. The molecule has 0 aliphatic carbocycles. The number of hydrogen-bond acceptors (Lipinski definition) is 3. The van der Waals surface area contributed by atoms with Gasteiger partial charge in [0.25, 0.3) is 0 Å². The van der Waals surface area contributed by atoms with Crippen LogP contribution in [-0.4, -0.2) is 40.1 Å². The van der Waals surface area contributed by atoms with Crippen molar-refractivity contribution in [3.05, 3.63) is 18.2 Å². The minimum Gasteiger partial charge on any atom is -0.337 e. The number of aromatic nitrogens is 2. The summed E-state index contributed by atoms with van der Waals surface area (Å²) in [5, 5.41) is 3.48. The second-order valence-electron chi connectivity index (χ2n) is 4.68. The number of hydrogen-bond donors (Lipinski definition) is 1. The van der Waals surface area contributed by atoms with Gasteiger partial charge in [-0.15, -0.1) is 0 Å². The van der Waals surface area contributed by atoms with E-state index in [4.69, 9.17) is 0 Å². The Labute approximate surface area is 97.7 Å². The molecule has 16 heavy (non-hydrogen) atoms. The Morgan fingerprint density at radius 1 is 1.44 bits per heavy atom. The minimum atomic E-state index is 0.641. The Morgan fingerprint density at radius 3 is 2.81 bits per heavy atom. The minimum absolute atomic E-state index is 0.641. The fourth-order valence-corrected chi connectivity index (χ4v) is 2.27. The fourth-order valence-electron chi connectivity index (χ4n) is 2.27. The lowest BCUT2D eigenvalue weighted by molar-refractivity contribution is 0.251. The first-order valence-electron chi connectivity index (χ1n) is 6.18. The van der Waals surface area contributed by atoms with Gasteiger partial charge in [0.15, 0.2) is 0 Å². The van der Waals surface area contributed by atoms with E-state index in [-0.39, 0.29) is 0 Å². The molecule has 0 aromatic carbocycles. The highest BCUT2D eigenvalue weighted by molar-refractivity contribution is 4.90. The van der Waals surface area contributed by atoms with E-state index in [0.717, 1.165) is 18.9 Å². The summed E-state index contributed by atoms with van der Waals surface area (Å²) >= 11 is 0. The largest absolute Gasteiger partial charge is 0.337 e. The van der Waals surface area contributed by atoms with Crippen LogP contribution in [0.5, 0.6) is 0 Å². The van der Waals surface area contributed by atoms with Crippen LogP contribution in [0.4, 0.5) is 0 Å². The maximum atomic E-state index is 4.30. The van der Waals surface area contributed by atoms with Gasteiger partial charge in [-0.2, -0.15) is 0 Å². The molecule has 0 amide bonds. The van der Waals surface area contributed by atoms with Gasteiger partial charge in [-0.05, 0) is 32.9 Å². The van der Waals surface area contributed by atoms with Gasteiger partial charge in [-0.1, -0.05) is 0 Å². The SMILES string of the molecule is CC(CNCc1nccn1C)N1CCCC1. The number of rotatable bonds is 5. The molecule has 4 nitrogen and oxygen atoms in total. The summed E-state index contributed by atoms with van der Waals surface area (Å²) in [5.74, 6) is 1.11. The van der Waals surface area contributed by atoms with Crippen LogP contribution in [0.15, 0.2) is 12.4 Å². The summed E-state index contributed by atoms with van der Waals surface area (Å²) in [4.78, 5) is 6.86. The molecule has 1 saturated heterocycles. The van der Waals surface area contributed by atoms with Crippen LogP contribution in [-0.2, 0) is 13.6 Å². The van der Waals surface area contributed by atoms with Crippen LogP contribution < -0.4 is 5.32 Å². The van der Waals surface area contributed by atoms with Crippen molar-refractivity contribution in [2.24, 2.45) is 7.05 Å². The summed E-state index contributed by atoms with van der Waals surface area (Å²) in [6.45, 7) is 6.75. The molecule has 1 aromatic rings. The molecule has 2 rings (SSSR count). The zero-order chi connectivity index (χ0) is 11.4. The summed E-state index contributed by atoms with van der Waals surface area (Å²) in [6, 6.07) is 0.641. The van der Waals surface area contributed by atoms with Gasteiger partial charge < -0.3 is 9.88 Å². The van der Waals surface area contributed by atoms with Gasteiger partial charge in [-0.3, -0.25) is 4.90 Å². The average molecular weight is 222 g/mol. The van der Waals surface area contributed by atoms with Crippen molar-refractivity contribution in [1.82, 2.24) is 19.8 Å². The third kappa shape index (κ3) is 2.83. The van der Waals surface area contributed by atoms with Gasteiger partial charge in [-0.25, -0.2) is 4.98 Å². The second-order valence-corrected chi connectivity index (χ2v) is 4.68. The molecule has 1 unspecified atom stereocenters. The van der Waals surface area contributed by atoms with Gasteiger partial charge in [0.05, 0.1) is 6.54 Å². The topological polar surface area (TPSA) is 33.1 Å². The molecular weight excluding hydrogens is 200 g/mol. The lowest BCUT2D eigenvalue weighted by Gasteiger charge is -2.23. The van der Waals surface area contributed by atoms with Gasteiger partial charge in [0.2, 0.25) is 0 Å². The lowest BCUT2D eigenvalue weighted by atomic mass is 10.3. The molecule has 0 spiro atoms. The molecule has 1 N–H and O–H groups in total. The van der Waals surface area contributed by atoms with Crippen LogP contribution in [0.3, 0.4) is 0 Å². The molecule has 90 valence electrons. The molecule has 1 atom stereocenters. The van der Waals surface area contributed by atoms with Gasteiger partial charge in [0, 0.05) is 32.0 Å². The van der Waals surface area contributed by atoms with Crippen LogP contribution in [0, 0.1) is 0 Å². The van der Waals surface area contributed by atoms with Gasteiger partial charge >= 0.3 is 0 Å². The summed E-state index contributed by atoms with van der Waals surface area (Å²) < 4.78 is 2.06. The van der Waals surface area contributed by atoms with Crippen molar-refractivity contribution >= 4 is 0 Å². The first-order valence-corrected chi connectivity index (χ1v) is 6.18. The second kappa shape index (κ2) is 5.46. The molecule has 0 radical (unpaired) electrons. The Balaban J connectivity index is 1.69. The van der Waals surface area contributed by atoms with E-state index in [1.165, 1.54) is 25.9 Å². The maximum Gasteiger partial charge on any atom is 0.122 e. The van der Waals surface area contributed by atoms with Crippen LogP contribution in [0.2, 0.25) is 0 Å². The standard InChI is InChI=1S/C12H22N4/c1-11(16-6-3-4-7-16)9-13-10-12-14-5-8-15(12)2/h5,8,11,13H,3-4,6-7,9-10H2,1-2H3. The predicted molar refractivity (Wildman–Crippen MR) is 65.2 cm³/mol. The molecule has 1 aromatic heterocycles. The van der Waals surface area contributed by atoms with E-state index in [1.54, 1.807) is 0 Å². The van der Waals surface area contributed by atoms with Crippen LogP contribution in [0.1, 0.15) is 25.6 Å². The van der Waals surface area contributed by atoms with Crippen molar-refractivity contribution in [1.29, 1.82) is 0 Å². The highest BCUT2D eigenvalue weighted by atomic mass is 15.2. The van der Waals surface area contributed by atoms with E-state index < -0.39 is 0 Å². The molecule has 0 saturated carbocycles. The molecule has 0 bridgehead atoms. The average Bonchev–Trinajstić information content (AvgIpc) is 2.90. The lowest BCUT2D eigenvalue weighted by Crippen LogP contribution is -2.38. The number of aryl methyl sites for hydroxylation is 1. The first kappa shape index (κ1) is 11.6. The number of likely N-dealkylation sites (tertiary alicyclic amines) is 1. The molecule has 1 aliphatic heterocycles. The quantitative estimate of drug-likeness (QED) is 0.806. The Morgan fingerprint density at radius 2 is 2.19 bits per heavy atom. The van der Waals surface area contributed by atoms with Gasteiger partial charge in [0.1, 0.15) is 5.82 Å². The van der Waals surface area contributed by atoms with E-state index in [1.807, 2.05) is 19.4 Å². The molecule has 4 heteroatoms. The number of nitrogens with one attached hydrogen (secondary N) is 1. The zero-order valence-corrected chi connectivity index (χ0v) is 10.3. The summed E-state index contributed by atoms with van der Waals surface area (Å²) in [5.41, 5.74) is 0. The van der Waals surface area contributed by atoms with E-state index >= 15 is 0 Å². The van der Waals surface area contributed by atoms with Crippen molar-refractivity contribution in [2.75, 3.05) is 19.6 Å². The monoisotopic (exact) mass is 222 g/mol. The predicted octanol–water partition coefficient (Wildman–Crippen LogP) is 0.994. The highest BCUT2D eigenvalue weighted by Gasteiger charge is 2.17. The van der Waals surface area contributed by atoms with E-state index in [0.29, 0.717) is 6.04 Å². The van der Waals surface area contributed by atoms with Crippen LogP contribution in [0.25, 0.3) is 0 Å². The maximum absolute atomic E-state index is 4.30.